The quantitative estimate of drug-likeness (QED) is 0.293. The molecule has 0 aliphatic carbocycles. The van der Waals surface area contributed by atoms with Gasteiger partial charge in [-0.3, -0.25) is 4.79 Å². The Labute approximate surface area is 166 Å². The van der Waals surface area contributed by atoms with Gasteiger partial charge in [0.2, 0.25) is 0 Å². The van der Waals surface area contributed by atoms with E-state index in [0.717, 1.165) is 11.4 Å². The van der Waals surface area contributed by atoms with Gasteiger partial charge in [0.15, 0.2) is 0 Å². The van der Waals surface area contributed by atoms with Gasteiger partial charge in [-0.25, -0.2) is 20.6 Å². The standard InChI is InChI=1S/C17H23ClN6O4/c1-17(2,28)15(25)22-11-7-21-14-12(11)13(10(18)6-20-14)23-5-3-4-9(8-23)24(19)16(26)27/h6-7,9,28H,3-5,8,19H2,1-2H3,(H,20,21)(H,22,25)(H,26,27)/t9-/m1/s1. The molecule has 3 heterocycles. The molecule has 0 spiro atoms. The Bertz CT molecular complexity index is 909. The molecule has 0 unspecified atom stereocenters. The van der Waals surface area contributed by atoms with E-state index >= 15 is 0 Å². The maximum absolute atomic E-state index is 12.2. The number of aliphatic hydroxyl groups is 1. The number of pyridine rings is 1. The van der Waals surface area contributed by atoms with Crippen LogP contribution in [0.3, 0.4) is 0 Å². The van der Waals surface area contributed by atoms with E-state index in [1.54, 1.807) is 6.20 Å². The summed E-state index contributed by atoms with van der Waals surface area (Å²) in [5.74, 6) is 5.10. The number of H-pyrrole nitrogens is 1. The third-order valence-corrected chi connectivity index (χ3v) is 5.04. The Balaban J connectivity index is 2.00. The first-order valence-corrected chi connectivity index (χ1v) is 9.18. The average molecular weight is 411 g/mol. The summed E-state index contributed by atoms with van der Waals surface area (Å²) < 4.78 is 0. The number of nitrogens with zero attached hydrogens (tertiary/aromatic N) is 3. The van der Waals surface area contributed by atoms with Crippen LogP contribution in [-0.2, 0) is 4.79 Å². The van der Waals surface area contributed by atoms with E-state index in [1.807, 2.05) is 4.90 Å². The summed E-state index contributed by atoms with van der Waals surface area (Å²) in [5, 5.41) is 23.6. The molecule has 0 bridgehead atoms. The molecule has 1 aliphatic heterocycles. The molecule has 2 aromatic rings. The molecule has 152 valence electrons. The van der Waals surface area contributed by atoms with Crippen LogP contribution in [0, 0.1) is 0 Å². The fourth-order valence-corrected chi connectivity index (χ4v) is 3.54. The van der Waals surface area contributed by atoms with Crippen LogP contribution in [0.4, 0.5) is 16.2 Å². The van der Waals surface area contributed by atoms with Gasteiger partial charge in [0, 0.05) is 19.3 Å². The number of nitrogens with one attached hydrogen (secondary N) is 2. The van der Waals surface area contributed by atoms with E-state index in [0.29, 0.717) is 46.9 Å². The molecule has 11 heteroatoms. The van der Waals surface area contributed by atoms with Crippen LogP contribution in [-0.4, -0.2) is 61.9 Å². The van der Waals surface area contributed by atoms with Crippen LogP contribution in [0.1, 0.15) is 26.7 Å². The zero-order valence-corrected chi connectivity index (χ0v) is 16.3. The second-order valence-electron chi connectivity index (χ2n) is 7.33. The Morgan fingerprint density at radius 1 is 1.50 bits per heavy atom. The Kier molecular flexibility index (Phi) is 5.37. The van der Waals surface area contributed by atoms with Crippen molar-refractivity contribution in [1.29, 1.82) is 0 Å². The monoisotopic (exact) mass is 410 g/mol. The number of nitrogens with two attached hydrogens (primary N) is 1. The first kappa shape index (κ1) is 20.2. The van der Waals surface area contributed by atoms with Gasteiger partial charge >= 0.3 is 6.09 Å². The molecular formula is C17H23ClN6O4. The molecule has 28 heavy (non-hydrogen) atoms. The van der Waals surface area contributed by atoms with Gasteiger partial charge < -0.3 is 25.4 Å². The molecular weight excluding hydrogens is 388 g/mol. The van der Waals surface area contributed by atoms with E-state index in [9.17, 15) is 19.8 Å². The number of amides is 2. The summed E-state index contributed by atoms with van der Waals surface area (Å²) >= 11 is 6.44. The second kappa shape index (κ2) is 7.46. The van der Waals surface area contributed by atoms with Crippen molar-refractivity contribution in [2.75, 3.05) is 23.3 Å². The minimum atomic E-state index is -1.56. The highest BCUT2D eigenvalue weighted by Gasteiger charge is 2.30. The number of halogens is 1. The van der Waals surface area contributed by atoms with Crippen LogP contribution in [0.25, 0.3) is 11.0 Å². The zero-order valence-electron chi connectivity index (χ0n) is 15.6. The third-order valence-electron chi connectivity index (χ3n) is 4.76. The highest BCUT2D eigenvalue weighted by atomic mass is 35.5. The number of aromatic amines is 1. The number of hydrogen-bond acceptors (Lipinski definition) is 6. The molecule has 1 fully saturated rings. The topological polar surface area (TPSA) is 148 Å². The lowest BCUT2D eigenvalue weighted by atomic mass is 10.0. The summed E-state index contributed by atoms with van der Waals surface area (Å²) in [6.45, 7) is 3.78. The first-order chi connectivity index (χ1) is 13.1. The van der Waals surface area contributed by atoms with Crippen LogP contribution < -0.4 is 16.1 Å². The predicted molar refractivity (Wildman–Crippen MR) is 105 cm³/mol. The number of hydrazine groups is 1. The molecule has 10 nitrogen and oxygen atoms in total. The lowest BCUT2D eigenvalue weighted by molar-refractivity contribution is -0.130. The van der Waals surface area contributed by atoms with Crippen molar-refractivity contribution < 1.29 is 19.8 Å². The van der Waals surface area contributed by atoms with Crippen LogP contribution in [0.5, 0.6) is 0 Å². The van der Waals surface area contributed by atoms with Crippen molar-refractivity contribution in [3.05, 3.63) is 17.4 Å². The van der Waals surface area contributed by atoms with E-state index in [-0.39, 0.29) is 6.04 Å². The first-order valence-electron chi connectivity index (χ1n) is 8.80. The Hall–Kier alpha value is -2.56. The number of anilines is 2. The number of aromatic nitrogens is 2. The van der Waals surface area contributed by atoms with Crippen LogP contribution in [0.2, 0.25) is 5.02 Å². The number of piperidine rings is 1. The van der Waals surface area contributed by atoms with E-state index in [1.165, 1.54) is 20.0 Å². The molecule has 2 aromatic heterocycles. The smallest absolute Gasteiger partial charge is 0.421 e. The van der Waals surface area contributed by atoms with E-state index in [2.05, 4.69) is 15.3 Å². The van der Waals surface area contributed by atoms with Crippen LogP contribution in [0.15, 0.2) is 12.4 Å². The van der Waals surface area contributed by atoms with Gasteiger partial charge in [0.25, 0.3) is 5.91 Å². The largest absolute Gasteiger partial charge is 0.464 e. The van der Waals surface area contributed by atoms with Crippen molar-refractivity contribution in [3.63, 3.8) is 0 Å². The third kappa shape index (κ3) is 3.84. The minimum absolute atomic E-state index is 0.353. The van der Waals surface area contributed by atoms with Gasteiger partial charge in [-0.1, -0.05) is 11.6 Å². The van der Waals surface area contributed by atoms with Crippen molar-refractivity contribution in [2.24, 2.45) is 5.84 Å². The summed E-state index contributed by atoms with van der Waals surface area (Å²) in [4.78, 5) is 32.6. The Morgan fingerprint density at radius 3 is 2.86 bits per heavy atom. The molecule has 0 radical (unpaired) electrons. The van der Waals surface area contributed by atoms with Crippen molar-refractivity contribution in [2.45, 2.75) is 38.3 Å². The molecule has 0 aromatic carbocycles. The second-order valence-corrected chi connectivity index (χ2v) is 7.73. The lowest BCUT2D eigenvalue weighted by Gasteiger charge is -2.37. The fourth-order valence-electron chi connectivity index (χ4n) is 3.28. The number of carboxylic acid groups (broad SMARTS) is 1. The van der Waals surface area contributed by atoms with Gasteiger partial charge in [0.05, 0.1) is 34.0 Å². The highest BCUT2D eigenvalue weighted by Crippen LogP contribution is 2.39. The average Bonchev–Trinajstić information content (AvgIpc) is 3.03. The SMILES string of the molecule is CC(C)(O)C(=O)Nc1c[nH]c2ncc(Cl)c(N3CCC[C@@H](N(N)C(=O)O)C3)c12. The van der Waals surface area contributed by atoms with Gasteiger partial charge in [-0.2, -0.15) is 0 Å². The predicted octanol–water partition coefficient (Wildman–Crippen LogP) is 1.75. The van der Waals surface area contributed by atoms with E-state index in [4.69, 9.17) is 17.4 Å². The number of rotatable bonds is 4. The van der Waals surface area contributed by atoms with Crippen molar-refractivity contribution >= 4 is 46.0 Å². The maximum atomic E-state index is 12.2. The van der Waals surface area contributed by atoms with Crippen molar-refractivity contribution in [1.82, 2.24) is 15.0 Å². The number of carbonyl (C=O) groups is 2. The molecule has 3 rings (SSSR count). The molecule has 1 aliphatic rings. The summed E-state index contributed by atoms with van der Waals surface area (Å²) in [6, 6.07) is -0.390. The molecule has 1 atom stereocenters. The summed E-state index contributed by atoms with van der Waals surface area (Å²) in [6.07, 6.45) is 3.24. The van der Waals surface area contributed by atoms with Crippen molar-refractivity contribution in [3.8, 4) is 0 Å². The summed E-state index contributed by atoms with van der Waals surface area (Å²) in [5.41, 5.74) is 0.00278. The highest BCUT2D eigenvalue weighted by molar-refractivity contribution is 6.35. The van der Waals surface area contributed by atoms with Gasteiger partial charge in [-0.05, 0) is 26.7 Å². The van der Waals surface area contributed by atoms with Crippen LogP contribution >= 0.6 is 11.6 Å². The van der Waals surface area contributed by atoms with E-state index < -0.39 is 17.6 Å². The molecule has 0 saturated carbocycles. The number of hydrogen-bond donors (Lipinski definition) is 5. The normalized spacial score (nSPS) is 17.6. The summed E-state index contributed by atoms with van der Waals surface area (Å²) in [7, 11) is 0. The number of fused-ring (bicyclic) bond motifs is 1. The zero-order chi connectivity index (χ0) is 20.6. The maximum Gasteiger partial charge on any atom is 0.421 e. The minimum Gasteiger partial charge on any atom is -0.464 e. The molecule has 6 N–H and O–H groups in total. The molecule has 1 saturated heterocycles. The fraction of sp³-hybridized carbons (Fsp3) is 0.471. The van der Waals surface area contributed by atoms with Gasteiger partial charge in [0.1, 0.15) is 11.2 Å². The Morgan fingerprint density at radius 2 is 2.21 bits per heavy atom. The lowest BCUT2D eigenvalue weighted by Crippen LogP contribution is -2.53. The van der Waals surface area contributed by atoms with Gasteiger partial charge in [-0.15, -0.1) is 0 Å². The molecule has 2 amide bonds. The number of carbonyl (C=O) groups excluding carboxylic acids is 1.